The van der Waals surface area contributed by atoms with Gasteiger partial charge in [-0.15, -0.1) is 0 Å². The van der Waals surface area contributed by atoms with Crippen LogP contribution in [0.15, 0.2) is 28.7 Å². The van der Waals surface area contributed by atoms with Crippen molar-refractivity contribution in [3.05, 3.63) is 35.6 Å². The first-order valence-corrected chi connectivity index (χ1v) is 6.31. The number of hydrogen-bond donors (Lipinski definition) is 1. The zero-order valence-electron chi connectivity index (χ0n) is 10.7. The predicted molar refractivity (Wildman–Crippen MR) is 70.0 cm³/mol. The van der Waals surface area contributed by atoms with Gasteiger partial charge in [0.15, 0.2) is 0 Å². The van der Waals surface area contributed by atoms with Crippen molar-refractivity contribution in [1.82, 2.24) is 0 Å². The molecule has 0 amide bonds. The Labute approximate surface area is 102 Å². The van der Waals surface area contributed by atoms with Crippen LogP contribution in [0.25, 0.3) is 11.0 Å². The van der Waals surface area contributed by atoms with Crippen LogP contribution in [0.4, 0.5) is 0 Å². The molecule has 1 N–H and O–H groups in total. The molecule has 2 aromatic rings. The Morgan fingerprint density at radius 1 is 1.24 bits per heavy atom. The second-order valence-corrected chi connectivity index (χ2v) is 4.94. The zero-order chi connectivity index (χ0) is 12.4. The van der Waals surface area contributed by atoms with E-state index in [0.29, 0.717) is 5.92 Å². The van der Waals surface area contributed by atoms with Crippen molar-refractivity contribution >= 4 is 11.0 Å². The zero-order valence-corrected chi connectivity index (χ0v) is 10.7. The molecule has 17 heavy (non-hydrogen) atoms. The minimum absolute atomic E-state index is 0.461. The largest absolute Gasteiger partial charge is 0.458 e. The fourth-order valence-electron chi connectivity index (χ4n) is 2.31. The van der Waals surface area contributed by atoms with E-state index in [1.807, 2.05) is 18.2 Å². The van der Waals surface area contributed by atoms with Crippen molar-refractivity contribution in [3.63, 3.8) is 0 Å². The van der Waals surface area contributed by atoms with Crippen LogP contribution >= 0.6 is 0 Å². The number of hydrogen-bond acceptors (Lipinski definition) is 2. The highest BCUT2D eigenvalue weighted by atomic mass is 16.4. The summed E-state index contributed by atoms with van der Waals surface area (Å²) in [6.45, 7) is 6.32. The first-order valence-electron chi connectivity index (χ1n) is 6.31. The maximum Gasteiger partial charge on any atom is 0.136 e. The highest BCUT2D eigenvalue weighted by Crippen LogP contribution is 2.32. The van der Waals surface area contributed by atoms with E-state index in [1.54, 1.807) is 0 Å². The van der Waals surface area contributed by atoms with Crippen LogP contribution in [0.2, 0.25) is 0 Å². The second kappa shape index (κ2) is 4.92. The minimum atomic E-state index is -0.489. The van der Waals surface area contributed by atoms with Crippen molar-refractivity contribution in [3.8, 4) is 0 Å². The van der Waals surface area contributed by atoms with Crippen molar-refractivity contribution in [1.29, 1.82) is 0 Å². The molecule has 2 rings (SSSR count). The molecule has 2 heteroatoms. The lowest BCUT2D eigenvalue weighted by Gasteiger charge is -2.11. The van der Waals surface area contributed by atoms with E-state index in [2.05, 4.69) is 26.8 Å². The Morgan fingerprint density at radius 3 is 2.59 bits per heavy atom. The number of rotatable bonds is 4. The van der Waals surface area contributed by atoms with Gasteiger partial charge in [-0.05, 0) is 24.8 Å². The molecule has 0 bridgehead atoms. The molecule has 1 unspecified atom stereocenters. The molecule has 0 aliphatic rings. The molecular weight excluding hydrogens is 212 g/mol. The van der Waals surface area contributed by atoms with Gasteiger partial charge in [-0.25, -0.2) is 0 Å². The number of furan rings is 1. The Bertz CT molecular complexity index is 497. The molecule has 0 saturated carbocycles. The van der Waals surface area contributed by atoms with Gasteiger partial charge in [0.25, 0.3) is 0 Å². The van der Waals surface area contributed by atoms with Crippen LogP contribution in [0.5, 0.6) is 0 Å². The molecule has 0 fully saturated rings. The number of benzene rings is 1. The first kappa shape index (κ1) is 12.2. The summed E-state index contributed by atoms with van der Waals surface area (Å²) in [6.07, 6.45) is 1.14. The highest BCUT2D eigenvalue weighted by molar-refractivity contribution is 5.82. The number of para-hydroxylation sites is 1. The molecule has 0 radical (unpaired) electrons. The summed E-state index contributed by atoms with van der Waals surface area (Å²) < 4.78 is 5.80. The monoisotopic (exact) mass is 232 g/mol. The van der Waals surface area contributed by atoms with Gasteiger partial charge in [0.1, 0.15) is 17.4 Å². The van der Waals surface area contributed by atoms with Crippen LogP contribution in [0.1, 0.15) is 44.6 Å². The third-order valence-electron chi connectivity index (χ3n) is 3.08. The summed E-state index contributed by atoms with van der Waals surface area (Å²) >= 11 is 0. The molecule has 0 aliphatic carbocycles. The second-order valence-electron chi connectivity index (χ2n) is 4.94. The number of aryl methyl sites for hydroxylation is 1. The van der Waals surface area contributed by atoms with Crippen LogP contribution in [0.3, 0.4) is 0 Å². The summed E-state index contributed by atoms with van der Waals surface area (Å²) in [6, 6.07) is 7.99. The molecule has 2 nitrogen and oxygen atoms in total. The molecule has 1 heterocycles. The lowest BCUT2D eigenvalue weighted by Crippen LogP contribution is -2.03. The summed E-state index contributed by atoms with van der Waals surface area (Å²) in [5, 5.41) is 11.3. The van der Waals surface area contributed by atoms with Gasteiger partial charge in [0.05, 0.1) is 0 Å². The smallest absolute Gasteiger partial charge is 0.136 e. The van der Waals surface area contributed by atoms with Crippen LogP contribution < -0.4 is 0 Å². The lowest BCUT2D eigenvalue weighted by molar-refractivity contribution is 0.126. The molecule has 1 aromatic heterocycles. The quantitative estimate of drug-likeness (QED) is 0.861. The SMILES string of the molecule is CCc1c(C(O)CC(C)C)oc2ccccc12. The highest BCUT2D eigenvalue weighted by Gasteiger charge is 2.20. The molecule has 92 valence electrons. The number of fused-ring (bicyclic) bond motifs is 1. The summed E-state index contributed by atoms with van der Waals surface area (Å²) in [7, 11) is 0. The van der Waals surface area contributed by atoms with E-state index < -0.39 is 6.10 Å². The lowest BCUT2D eigenvalue weighted by atomic mass is 9.99. The van der Waals surface area contributed by atoms with Gasteiger partial charge >= 0.3 is 0 Å². The maximum absolute atomic E-state index is 10.2. The Morgan fingerprint density at radius 2 is 1.94 bits per heavy atom. The number of aliphatic hydroxyl groups is 1. The van der Waals surface area contributed by atoms with E-state index in [-0.39, 0.29) is 0 Å². The Balaban J connectivity index is 2.45. The Hall–Kier alpha value is -1.28. The van der Waals surface area contributed by atoms with Crippen LogP contribution in [-0.4, -0.2) is 5.11 Å². The van der Waals surface area contributed by atoms with Gasteiger partial charge in [-0.2, -0.15) is 0 Å². The number of aliphatic hydroxyl groups excluding tert-OH is 1. The van der Waals surface area contributed by atoms with E-state index in [9.17, 15) is 5.11 Å². The normalized spacial score (nSPS) is 13.5. The topological polar surface area (TPSA) is 33.4 Å². The van der Waals surface area contributed by atoms with Crippen LogP contribution in [-0.2, 0) is 6.42 Å². The standard InChI is InChI=1S/C15H20O2/c1-4-11-12-7-5-6-8-14(12)17-15(11)13(16)9-10(2)3/h5-8,10,13,16H,4,9H2,1-3H3. The molecule has 1 atom stereocenters. The third-order valence-corrected chi connectivity index (χ3v) is 3.08. The molecule has 1 aromatic carbocycles. The molecule has 0 saturated heterocycles. The van der Waals surface area contributed by atoms with Gasteiger partial charge in [-0.3, -0.25) is 0 Å². The molecule has 0 spiro atoms. The van der Waals surface area contributed by atoms with Crippen molar-refractivity contribution in [2.75, 3.05) is 0 Å². The van der Waals surface area contributed by atoms with E-state index in [0.717, 1.165) is 35.1 Å². The third kappa shape index (κ3) is 2.37. The van der Waals surface area contributed by atoms with E-state index in [1.165, 1.54) is 0 Å². The van der Waals surface area contributed by atoms with Gasteiger partial charge < -0.3 is 9.52 Å². The molecule has 0 aliphatic heterocycles. The average molecular weight is 232 g/mol. The minimum Gasteiger partial charge on any atom is -0.458 e. The predicted octanol–water partition coefficient (Wildman–Crippen LogP) is 4.07. The van der Waals surface area contributed by atoms with Gasteiger partial charge in [0.2, 0.25) is 0 Å². The van der Waals surface area contributed by atoms with Gasteiger partial charge in [0, 0.05) is 10.9 Å². The summed E-state index contributed by atoms with van der Waals surface area (Å²) in [5.74, 6) is 1.21. The van der Waals surface area contributed by atoms with Crippen LogP contribution in [0, 0.1) is 5.92 Å². The van der Waals surface area contributed by atoms with Crippen molar-refractivity contribution in [2.45, 2.75) is 39.7 Å². The van der Waals surface area contributed by atoms with Crippen molar-refractivity contribution < 1.29 is 9.52 Å². The van der Waals surface area contributed by atoms with E-state index >= 15 is 0 Å². The fourth-order valence-corrected chi connectivity index (χ4v) is 2.31. The summed E-state index contributed by atoms with van der Waals surface area (Å²) in [5.41, 5.74) is 2.02. The molecular formula is C15H20O2. The van der Waals surface area contributed by atoms with Gasteiger partial charge in [-0.1, -0.05) is 39.0 Å². The van der Waals surface area contributed by atoms with Crippen molar-refractivity contribution in [2.24, 2.45) is 5.92 Å². The Kier molecular flexibility index (Phi) is 3.53. The fraction of sp³-hybridized carbons (Fsp3) is 0.467. The average Bonchev–Trinajstić information content (AvgIpc) is 2.66. The maximum atomic E-state index is 10.2. The summed E-state index contributed by atoms with van der Waals surface area (Å²) in [4.78, 5) is 0. The first-order chi connectivity index (χ1) is 8.13. The van der Waals surface area contributed by atoms with E-state index in [4.69, 9.17) is 4.42 Å².